The van der Waals surface area contributed by atoms with Gasteiger partial charge in [-0.3, -0.25) is 9.00 Å². The van der Waals surface area contributed by atoms with Crippen LogP contribution in [-0.2, 0) is 20.3 Å². The molecule has 0 aliphatic heterocycles. The van der Waals surface area contributed by atoms with Gasteiger partial charge in [0.05, 0.1) is 16.0 Å². The summed E-state index contributed by atoms with van der Waals surface area (Å²) in [5.41, 5.74) is -0.902. The maximum Gasteiger partial charge on any atom is 0.165 e. The highest BCUT2D eigenvalue weighted by molar-refractivity contribution is 7.85. The van der Waals surface area contributed by atoms with E-state index in [-0.39, 0.29) is 11.0 Å². The van der Waals surface area contributed by atoms with Gasteiger partial charge in [0, 0.05) is 18.4 Å². The van der Waals surface area contributed by atoms with Gasteiger partial charge in [-0.05, 0) is 25.5 Å². The Bertz CT molecular complexity index is 443. The number of carbonyl (C=O) groups excluding carboxylic acids is 1. The zero-order chi connectivity index (χ0) is 12.5. The lowest BCUT2D eigenvalue weighted by Gasteiger charge is -2.27. The van der Waals surface area contributed by atoms with Crippen LogP contribution in [0.25, 0.3) is 0 Å². The van der Waals surface area contributed by atoms with Gasteiger partial charge in [-0.25, -0.2) is 0 Å². The van der Waals surface area contributed by atoms with Crippen molar-refractivity contribution in [3.8, 4) is 0 Å². The maximum atomic E-state index is 12.4. The first-order valence-corrected chi connectivity index (χ1v) is 6.85. The van der Waals surface area contributed by atoms with E-state index in [0.717, 1.165) is 4.90 Å². The third kappa shape index (κ3) is 2.07. The molecule has 1 aromatic rings. The standard InChI is InChI=1S/C13H16O3S/c1-13(16-2)11(14)8-9-12(13)17(15)10-6-4-3-5-7-10/h3-7,12H,8-9H2,1-2H3/t12-,13-,17?/m0/s1. The number of hydrogen-bond acceptors (Lipinski definition) is 3. The van der Waals surface area contributed by atoms with E-state index in [2.05, 4.69) is 0 Å². The fourth-order valence-corrected chi connectivity index (χ4v) is 3.96. The molecule has 0 saturated heterocycles. The van der Waals surface area contributed by atoms with E-state index in [1.165, 1.54) is 7.11 Å². The fourth-order valence-electron chi connectivity index (χ4n) is 2.24. The Hall–Kier alpha value is -1.00. The number of carbonyl (C=O) groups is 1. The van der Waals surface area contributed by atoms with Gasteiger partial charge in [0.15, 0.2) is 5.78 Å². The van der Waals surface area contributed by atoms with Crippen LogP contribution < -0.4 is 0 Å². The van der Waals surface area contributed by atoms with E-state index in [9.17, 15) is 9.00 Å². The van der Waals surface area contributed by atoms with E-state index in [4.69, 9.17) is 4.74 Å². The summed E-state index contributed by atoms with van der Waals surface area (Å²) in [5, 5.41) is -0.248. The molecule has 1 aliphatic carbocycles. The van der Waals surface area contributed by atoms with E-state index in [1.807, 2.05) is 30.3 Å². The van der Waals surface area contributed by atoms with Crippen LogP contribution in [0.2, 0.25) is 0 Å². The summed E-state index contributed by atoms with van der Waals surface area (Å²) in [6, 6.07) is 9.25. The molecule has 1 aliphatic rings. The average Bonchev–Trinajstić information content (AvgIpc) is 2.67. The second-order valence-corrected chi connectivity index (χ2v) is 6.01. The zero-order valence-corrected chi connectivity index (χ0v) is 10.8. The first kappa shape index (κ1) is 12.5. The smallest absolute Gasteiger partial charge is 0.165 e. The molecule has 0 radical (unpaired) electrons. The van der Waals surface area contributed by atoms with Crippen molar-refractivity contribution < 1.29 is 13.7 Å². The third-order valence-electron chi connectivity index (χ3n) is 3.46. The molecule has 0 aromatic heterocycles. The van der Waals surface area contributed by atoms with Gasteiger partial charge in [-0.2, -0.15) is 0 Å². The van der Waals surface area contributed by atoms with Gasteiger partial charge < -0.3 is 4.74 Å². The topological polar surface area (TPSA) is 43.4 Å². The Labute approximate surface area is 104 Å². The van der Waals surface area contributed by atoms with E-state index in [1.54, 1.807) is 6.92 Å². The Morgan fingerprint density at radius 1 is 1.35 bits per heavy atom. The van der Waals surface area contributed by atoms with Crippen LogP contribution in [0.1, 0.15) is 19.8 Å². The summed E-state index contributed by atoms with van der Waals surface area (Å²) in [7, 11) is 0.318. The van der Waals surface area contributed by atoms with Crippen molar-refractivity contribution in [1.82, 2.24) is 0 Å². The van der Waals surface area contributed by atoms with Crippen LogP contribution in [0.5, 0.6) is 0 Å². The van der Waals surface area contributed by atoms with Crippen molar-refractivity contribution in [2.24, 2.45) is 0 Å². The molecule has 0 amide bonds. The molecule has 0 N–H and O–H groups in total. The van der Waals surface area contributed by atoms with Crippen molar-refractivity contribution in [2.75, 3.05) is 7.11 Å². The number of hydrogen-bond donors (Lipinski definition) is 0. The number of ether oxygens (including phenoxy) is 1. The lowest BCUT2D eigenvalue weighted by atomic mass is 10.0. The van der Waals surface area contributed by atoms with Gasteiger partial charge in [-0.15, -0.1) is 0 Å². The molecule has 3 atom stereocenters. The Morgan fingerprint density at radius 2 is 2.00 bits per heavy atom. The van der Waals surface area contributed by atoms with Crippen molar-refractivity contribution in [3.63, 3.8) is 0 Å². The summed E-state index contributed by atoms with van der Waals surface area (Å²) >= 11 is 0. The first-order chi connectivity index (χ1) is 8.09. The largest absolute Gasteiger partial charge is 0.369 e. The van der Waals surface area contributed by atoms with E-state index < -0.39 is 16.4 Å². The predicted octanol–water partition coefficient (Wildman–Crippen LogP) is 1.93. The lowest BCUT2D eigenvalue weighted by molar-refractivity contribution is -0.134. The van der Waals surface area contributed by atoms with Crippen LogP contribution in [-0.4, -0.2) is 28.0 Å². The maximum absolute atomic E-state index is 12.4. The lowest BCUT2D eigenvalue weighted by Crippen LogP contribution is -2.44. The van der Waals surface area contributed by atoms with Crippen LogP contribution in [0.3, 0.4) is 0 Å². The van der Waals surface area contributed by atoms with Crippen LogP contribution in [0, 0.1) is 0 Å². The average molecular weight is 252 g/mol. The highest BCUT2D eigenvalue weighted by Gasteiger charge is 2.49. The number of Topliss-reactive ketones (excluding diaryl/α,β-unsaturated/α-hetero) is 1. The minimum Gasteiger partial charge on any atom is -0.369 e. The van der Waals surface area contributed by atoms with E-state index in [0.29, 0.717) is 12.8 Å². The zero-order valence-electron chi connectivity index (χ0n) is 10.0. The Morgan fingerprint density at radius 3 is 2.59 bits per heavy atom. The van der Waals surface area contributed by atoms with Crippen molar-refractivity contribution in [1.29, 1.82) is 0 Å². The van der Waals surface area contributed by atoms with Crippen molar-refractivity contribution in [2.45, 2.75) is 35.5 Å². The van der Waals surface area contributed by atoms with Crippen LogP contribution >= 0.6 is 0 Å². The fraction of sp³-hybridized carbons (Fsp3) is 0.462. The molecule has 4 heteroatoms. The molecule has 1 fully saturated rings. The molecule has 1 aromatic carbocycles. The minimum absolute atomic E-state index is 0.0503. The quantitative estimate of drug-likeness (QED) is 0.825. The van der Waals surface area contributed by atoms with Gasteiger partial charge in [0.1, 0.15) is 5.60 Å². The molecule has 0 bridgehead atoms. The molecule has 1 unspecified atom stereocenters. The van der Waals surface area contributed by atoms with Gasteiger partial charge >= 0.3 is 0 Å². The molecule has 0 heterocycles. The highest BCUT2D eigenvalue weighted by Crippen LogP contribution is 2.35. The number of ketones is 1. The van der Waals surface area contributed by atoms with Gasteiger partial charge in [0.2, 0.25) is 0 Å². The SMILES string of the molecule is CO[C@@]1(C)C(=O)CC[C@@H]1S(=O)c1ccccc1. The Kier molecular flexibility index (Phi) is 3.45. The van der Waals surface area contributed by atoms with Gasteiger partial charge in [-0.1, -0.05) is 18.2 Å². The normalized spacial score (nSPS) is 30.5. The molecule has 0 spiro atoms. The summed E-state index contributed by atoms with van der Waals surface area (Å²) in [5.74, 6) is 0.0503. The van der Waals surface area contributed by atoms with Crippen molar-refractivity contribution >= 4 is 16.6 Å². The molecule has 1 saturated carbocycles. The molecular weight excluding hydrogens is 236 g/mol. The summed E-state index contributed by atoms with van der Waals surface area (Å²) in [6.45, 7) is 1.74. The Balaban J connectivity index is 2.30. The van der Waals surface area contributed by atoms with Crippen molar-refractivity contribution in [3.05, 3.63) is 30.3 Å². The molecule has 2 rings (SSSR count). The second kappa shape index (κ2) is 4.70. The molecule has 17 heavy (non-hydrogen) atoms. The minimum atomic E-state index is -1.19. The van der Waals surface area contributed by atoms with E-state index >= 15 is 0 Å². The second-order valence-electron chi connectivity index (χ2n) is 4.37. The first-order valence-electron chi connectivity index (χ1n) is 5.63. The monoisotopic (exact) mass is 252 g/mol. The number of methoxy groups -OCH3 is 1. The van der Waals surface area contributed by atoms with Crippen LogP contribution in [0.15, 0.2) is 35.2 Å². The summed E-state index contributed by atoms with van der Waals surface area (Å²) < 4.78 is 17.8. The van der Waals surface area contributed by atoms with Crippen LogP contribution in [0.4, 0.5) is 0 Å². The summed E-state index contributed by atoms with van der Waals surface area (Å²) in [4.78, 5) is 12.6. The molecular formula is C13H16O3S. The predicted molar refractivity (Wildman–Crippen MR) is 66.3 cm³/mol. The summed E-state index contributed by atoms with van der Waals surface area (Å²) in [6.07, 6.45) is 1.08. The third-order valence-corrected chi connectivity index (χ3v) is 5.40. The highest BCUT2D eigenvalue weighted by atomic mass is 32.2. The number of rotatable bonds is 3. The number of benzene rings is 1. The molecule has 3 nitrogen and oxygen atoms in total. The molecule has 92 valence electrons. The van der Waals surface area contributed by atoms with Gasteiger partial charge in [0.25, 0.3) is 0 Å².